The first-order chi connectivity index (χ1) is 15.0. The van der Waals surface area contributed by atoms with Crippen LogP contribution in [-0.4, -0.2) is 52.9 Å². The highest BCUT2D eigenvalue weighted by atomic mass is 16.2. The number of carbonyl (C=O) groups excluding carboxylic acids is 2. The van der Waals surface area contributed by atoms with E-state index in [4.69, 9.17) is 0 Å². The van der Waals surface area contributed by atoms with Gasteiger partial charge in [-0.25, -0.2) is 9.97 Å². The lowest BCUT2D eigenvalue weighted by molar-refractivity contribution is -0.111. The Labute approximate surface area is 181 Å². The number of fused-ring (bicyclic) bond motifs is 1. The van der Waals surface area contributed by atoms with Crippen LogP contribution in [0.25, 0.3) is 22.0 Å². The van der Waals surface area contributed by atoms with E-state index in [9.17, 15) is 9.59 Å². The van der Waals surface area contributed by atoms with Crippen LogP contribution in [0.15, 0.2) is 61.3 Å². The van der Waals surface area contributed by atoms with Crippen molar-refractivity contribution in [2.45, 2.75) is 18.9 Å². The molecule has 0 aliphatic carbocycles. The lowest BCUT2D eigenvalue weighted by Crippen LogP contribution is -2.46. The molecule has 7 heteroatoms. The second kappa shape index (κ2) is 9.06. The van der Waals surface area contributed by atoms with Crippen molar-refractivity contribution in [2.75, 3.05) is 25.5 Å². The number of nitrogens with zero attached hydrogens (tertiary/aromatic N) is 3. The van der Waals surface area contributed by atoms with E-state index in [0.717, 1.165) is 42.4 Å². The second-order valence-electron chi connectivity index (χ2n) is 7.82. The molecule has 4 rings (SSSR count). The van der Waals surface area contributed by atoms with Crippen LogP contribution in [0.5, 0.6) is 0 Å². The third-order valence-electron chi connectivity index (χ3n) is 5.39. The summed E-state index contributed by atoms with van der Waals surface area (Å²) in [7, 11) is 2.06. The molecule has 1 aliphatic rings. The highest BCUT2D eigenvalue weighted by Crippen LogP contribution is 2.25. The smallest absolute Gasteiger partial charge is 0.289 e. The molecule has 1 aliphatic heterocycles. The standard InChI is InChI=1S/C24H25N5O2/c1-3-22(30)26-19-7-4-6-16(12-19)17-9-10-18-14-25-23(28-21(18)13-17)24(31)27-20-8-5-11-29(2)15-20/h3-4,6-7,9-10,12-14,20H,1,5,8,11,15H2,2H3,(H,26,30)(H,27,31)/t20-/m0/s1. The van der Waals surface area contributed by atoms with Crippen molar-refractivity contribution in [3.63, 3.8) is 0 Å². The van der Waals surface area contributed by atoms with Gasteiger partial charge in [-0.1, -0.05) is 30.8 Å². The van der Waals surface area contributed by atoms with Gasteiger partial charge < -0.3 is 15.5 Å². The lowest BCUT2D eigenvalue weighted by Gasteiger charge is -2.29. The average molecular weight is 415 g/mol. The molecule has 0 spiro atoms. The zero-order chi connectivity index (χ0) is 21.8. The lowest BCUT2D eigenvalue weighted by atomic mass is 10.0. The number of benzene rings is 2. The van der Waals surface area contributed by atoms with Gasteiger partial charge in [0.1, 0.15) is 0 Å². The number of hydrogen-bond acceptors (Lipinski definition) is 5. The molecule has 2 N–H and O–H groups in total. The first kappa shape index (κ1) is 20.7. The minimum absolute atomic E-state index is 0.116. The largest absolute Gasteiger partial charge is 0.345 e. The van der Waals surface area contributed by atoms with Crippen LogP contribution in [0.1, 0.15) is 23.5 Å². The number of amides is 2. The highest BCUT2D eigenvalue weighted by molar-refractivity contribution is 5.99. The zero-order valence-corrected chi connectivity index (χ0v) is 17.5. The molecule has 0 radical (unpaired) electrons. The van der Waals surface area contributed by atoms with E-state index in [1.54, 1.807) is 6.20 Å². The predicted molar refractivity (Wildman–Crippen MR) is 122 cm³/mol. The number of piperidine rings is 1. The number of anilines is 1. The molecular weight excluding hydrogens is 390 g/mol. The van der Waals surface area contributed by atoms with E-state index in [2.05, 4.69) is 39.1 Å². The van der Waals surface area contributed by atoms with Gasteiger partial charge in [-0.2, -0.15) is 0 Å². The quantitative estimate of drug-likeness (QED) is 0.625. The summed E-state index contributed by atoms with van der Waals surface area (Å²) in [6.07, 6.45) is 4.94. The Kier molecular flexibility index (Phi) is 6.04. The van der Waals surface area contributed by atoms with Gasteiger partial charge in [0.25, 0.3) is 5.91 Å². The molecule has 1 fully saturated rings. The van der Waals surface area contributed by atoms with Crippen LogP contribution in [0.3, 0.4) is 0 Å². The summed E-state index contributed by atoms with van der Waals surface area (Å²) >= 11 is 0. The minimum atomic E-state index is -0.261. The van der Waals surface area contributed by atoms with Gasteiger partial charge in [-0.15, -0.1) is 0 Å². The summed E-state index contributed by atoms with van der Waals surface area (Å²) in [5, 5.41) is 6.68. The Morgan fingerprint density at radius 2 is 2.03 bits per heavy atom. The minimum Gasteiger partial charge on any atom is -0.345 e. The number of hydrogen-bond donors (Lipinski definition) is 2. The van der Waals surface area contributed by atoms with E-state index in [1.165, 1.54) is 6.08 Å². The monoisotopic (exact) mass is 415 g/mol. The van der Waals surface area contributed by atoms with E-state index < -0.39 is 0 Å². The third-order valence-corrected chi connectivity index (χ3v) is 5.39. The Morgan fingerprint density at radius 3 is 2.84 bits per heavy atom. The van der Waals surface area contributed by atoms with Gasteiger partial charge in [-0.05, 0) is 61.8 Å². The maximum Gasteiger partial charge on any atom is 0.289 e. The fourth-order valence-corrected chi connectivity index (χ4v) is 3.82. The Morgan fingerprint density at radius 1 is 1.19 bits per heavy atom. The summed E-state index contributed by atoms with van der Waals surface area (Å²) in [5.74, 6) is -0.338. The molecular formula is C24H25N5O2. The zero-order valence-electron chi connectivity index (χ0n) is 17.5. The number of carbonyl (C=O) groups is 2. The van der Waals surface area contributed by atoms with Crippen LogP contribution in [-0.2, 0) is 4.79 Å². The molecule has 1 saturated heterocycles. The van der Waals surface area contributed by atoms with E-state index >= 15 is 0 Å². The number of likely N-dealkylation sites (N-methyl/N-ethyl adjacent to an activating group) is 1. The van der Waals surface area contributed by atoms with Crippen LogP contribution < -0.4 is 10.6 Å². The molecule has 158 valence electrons. The SMILES string of the molecule is C=CC(=O)Nc1cccc(-c2ccc3cnc(C(=O)N[C@H]4CCCN(C)C4)nc3c2)c1. The molecule has 31 heavy (non-hydrogen) atoms. The Hall–Kier alpha value is -3.58. The van der Waals surface area contributed by atoms with Crippen LogP contribution in [0, 0.1) is 0 Å². The van der Waals surface area contributed by atoms with Crippen LogP contribution >= 0.6 is 0 Å². The van der Waals surface area contributed by atoms with Crippen LogP contribution in [0.2, 0.25) is 0 Å². The predicted octanol–water partition coefficient (Wildman–Crippen LogP) is 3.25. The molecule has 1 atom stereocenters. The number of rotatable bonds is 5. The van der Waals surface area contributed by atoms with Gasteiger partial charge in [0.05, 0.1) is 5.52 Å². The number of nitrogens with one attached hydrogen (secondary N) is 2. The van der Waals surface area contributed by atoms with Gasteiger partial charge >= 0.3 is 0 Å². The summed E-state index contributed by atoms with van der Waals surface area (Å²) in [4.78, 5) is 35.3. The third kappa shape index (κ3) is 4.95. The first-order valence-electron chi connectivity index (χ1n) is 10.3. The molecule has 0 bridgehead atoms. The number of likely N-dealkylation sites (tertiary alicyclic amines) is 1. The average Bonchev–Trinajstić information content (AvgIpc) is 2.78. The molecule has 2 heterocycles. The summed E-state index contributed by atoms with van der Waals surface area (Å²) in [5.41, 5.74) is 3.24. The molecule has 1 aromatic heterocycles. The highest BCUT2D eigenvalue weighted by Gasteiger charge is 2.21. The Bertz CT molecular complexity index is 1140. The second-order valence-corrected chi connectivity index (χ2v) is 7.82. The molecule has 7 nitrogen and oxygen atoms in total. The summed E-state index contributed by atoms with van der Waals surface area (Å²) in [6, 6.07) is 13.5. The van der Waals surface area contributed by atoms with E-state index in [1.807, 2.05) is 42.5 Å². The fourth-order valence-electron chi connectivity index (χ4n) is 3.82. The fraction of sp³-hybridized carbons (Fsp3) is 0.250. The van der Waals surface area contributed by atoms with Gasteiger partial charge in [0.2, 0.25) is 11.7 Å². The van der Waals surface area contributed by atoms with Crippen molar-refractivity contribution < 1.29 is 9.59 Å². The number of aromatic nitrogens is 2. The first-order valence-corrected chi connectivity index (χ1v) is 10.3. The molecule has 0 unspecified atom stereocenters. The van der Waals surface area contributed by atoms with Crippen molar-refractivity contribution in [3.05, 3.63) is 67.1 Å². The van der Waals surface area contributed by atoms with Gasteiger partial charge in [0, 0.05) is 29.9 Å². The maximum atomic E-state index is 12.7. The normalized spacial score (nSPS) is 16.6. The molecule has 2 aromatic carbocycles. The van der Waals surface area contributed by atoms with Crippen molar-refractivity contribution in [3.8, 4) is 11.1 Å². The van der Waals surface area contributed by atoms with E-state index in [-0.39, 0.29) is 23.7 Å². The topological polar surface area (TPSA) is 87.2 Å². The van der Waals surface area contributed by atoms with E-state index in [0.29, 0.717) is 11.2 Å². The molecule has 0 saturated carbocycles. The van der Waals surface area contributed by atoms with Crippen molar-refractivity contribution in [2.24, 2.45) is 0 Å². The summed E-state index contributed by atoms with van der Waals surface area (Å²) < 4.78 is 0. The Balaban J connectivity index is 1.57. The summed E-state index contributed by atoms with van der Waals surface area (Å²) in [6.45, 7) is 5.36. The van der Waals surface area contributed by atoms with Gasteiger partial charge in [-0.3, -0.25) is 9.59 Å². The van der Waals surface area contributed by atoms with Crippen molar-refractivity contribution in [1.82, 2.24) is 20.2 Å². The van der Waals surface area contributed by atoms with Crippen molar-refractivity contribution in [1.29, 1.82) is 0 Å². The van der Waals surface area contributed by atoms with Gasteiger partial charge in [0.15, 0.2) is 0 Å². The maximum absolute atomic E-state index is 12.7. The molecule has 2 amide bonds. The molecule has 3 aromatic rings. The van der Waals surface area contributed by atoms with Crippen LogP contribution in [0.4, 0.5) is 5.69 Å². The van der Waals surface area contributed by atoms with Crippen molar-refractivity contribution >= 4 is 28.4 Å².